The zero-order chi connectivity index (χ0) is 14.5. The van der Waals surface area contributed by atoms with Gasteiger partial charge in [0, 0.05) is 31.9 Å². The minimum absolute atomic E-state index is 0.0129. The van der Waals surface area contributed by atoms with E-state index in [1.807, 2.05) is 6.92 Å². The molecule has 1 aromatic carbocycles. The first-order valence-electron chi connectivity index (χ1n) is 6.92. The molecule has 0 radical (unpaired) electrons. The number of piperazine rings is 1. The summed E-state index contributed by atoms with van der Waals surface area (Å²) in [5, 5.41) is 6.65. The van der Waals surface area contributed by atoms with Gasteiger partial charge in [-0.15, -0.1) is 0 Å². The van der Waals surface area contributed by atoms with Crippen LogP contribution in [0.3, 0.4) is 0 Å². The Morgan fingerprint density at radius 2 is 2.20 bits per heavy atom. The number of hydrogen-bond donors (Lipinski definition) is 3. The summed E-state index contributed by atoms with van der Waals surface area (Å²) in [5.74, 6) is -0.0129. The molecule has 5 nitrogen and oxygen atoms in total. The van der Waals surface area contributed by atoms with Crippen molar-refractivity contribution in [1.29, 1.82) is 0 Å². The highest BCUT2D eigenvalue weighted by Crippen LogP contribution is 2.24. The van der Waals surface area contributed by atoms with Gasteiger partial charge in [0.1, 0.15) is 0 Å². The molecule has 0 bridgehead atoms. The van der Waals surface area contributed by atoms with Gasteiger partial charge in [-0.3, -0.25) is 9.69 Å². The van der Waals surface area contributed by atoms with E-state index < -0.39 is 0 Å². The second-order valence-electron chi connectivity index (χ2n) is 4.94. The van der Waals surface area contributed by atoms with Crippen LogP contribution in [0.15, 0.2) is 18.2 Å². The maximum atomic E-state index is 12.4. The van der Waals surface area contributed by atoms with Crippen molar-refractivity contribution in [3.05, 3.63) is 23.2 Å². The highest BCUT2D eigenvalue weighted by molar-refractivity contribution is 6.34. The van der Waals surface area contributed by atoms with Crippen molar-refractivity contribution >= 4 is 28.9 Å². The maximum absolute atomic E-state index is 12.4. The van der Waals surface area contributed by atoms with E-state index in [4.69, 9.17) is 17.3 Å². The van der Waals surface area contributed by atoms with Crippen molar-refractivity contribution in [3.8, 4) is 0 Å². The molecule has 6 heteroatoms. The Labute approximate surface area is 124 Å². The van der Waals surface area contributed by atoms with Crippen LogP contribution in [0.25, 0.3) is 0 Å². The molecule has 0 spiro atoms. The number of amides is 1. The van der Waals surface area contributed by atoms with Gasteiger partial charge in [-0.05, 0) is 24.6 Å². The number of nitrogens with two attached hydrogens (primary N) is 1. The lowest BCUT2D eigenvalue weighted by Gasteiger charge is -2.33. The normalized spacial score (nSPS) is 17.7. The third kappa shape index (κ3) is 3.62. The van der Waals surface area contributed by atoms with Crippen LogP contribution in [-0.4, -0.2) is 43.0 Å². The molecule has 1 heterocycles. The third-order valence-corrected chi connectivity index (χ3v) is 3.85. The van der Waals surface area contributed by atoms with E-state index in [1.54, 1.807) is 18.2 Å². The fraction of sp³-hybridized carbons (Fsp3) is 0.500. The Balaban J connectivity index is 2.04. The van der Waals surface area contributed by atoms with Crippen molar-refractivity contribution in [1.82, 2.24) is 10.2 Å². The predicted octanol–water partition coefficient (Wildman–Crippen LogP) is 1.54. The lowest BCUT2D eigenvalue weighted by atomic mass is 10.1. The number of benzene rings is 1. The molecule has 1 unspecified atom stereocenters. The van der Waals surface area contributed by atoms with Crippen LogP contribution in [0, 0.1) is 0 Å². The van der Waals surface area contributed by atoms with Crippen LogP contribution in [0.4, 0.5) is 11.4 Å². The fourth-order valence-corrected chi connectivity index (χ4v) is 2.69. The van der Waals surface area contributed by atoms with Crippen LogP contribution in [0.1, 0.15) is 13.3 Å². The topological polar surface area (TPSA) is 70.4 Å². The van der Waals surface area contributed by atoms with Gasteiger partial charge in [-0.2, -0.15) is 0 Å². The van der Waals surface area contributed by atoms with E-state index in [0.717, 1.165) is 32.6 Å². The minimum atomic E-state index is -0.120. The van der Waals surface area contributed by atoms with Gasteiger partial charge in [0.25, 0.3) is 0 Å². The van der Waals surface area contributed by atoms with E-state index in [9.17, 15) is 4.79 Å². The molecule has 1 aliphatic rings. The van der Waals surface area contributed by atoms with Crippen molar-refractivity contribution in [3.63, 3.8) is 0 Å². The molecule has 1 atom stereocenters. The van der Waals surface area contributed by atoms with Crippen molar-refractivity contribution in [2.75, 3.05) is 37.2 Å². The number of anilines is 2. The van der Waals surface area contributed by atoms with Gasteiger partial charge in [0.05, 0.1) is 16.8 Å². The summed E-state index contributed by atoms with van der Waals surface area (Å²) in [4.78, 5) is 14.6. The molecule has 1 aromatic rings. The first-order chi connectivity index (χ1) is 9.61. The van der Waals surface area contributed by atoms with Crippen molar-refractivity contribution < 1.29 is 4.79 Å². The third-order valence-electron chi connectivity index (χ3n) is 3.53. The summed E-state index contributed by atoms with van der Waals surface area (Å²) in [6, 6.07) is 4.99. The standard InChI is InChI=1S/C14H21ClN4O/c1-2-13(19-7-5-17-6-8-19)14(20)18-12-4-3-10(16)9-11(12)15/h3-4,9,13,17H,2,5-8,16H2,1H3,(H,18,20). The van der Waals surface area contributed by atoms with Crippen LogP contribution in [-0.2, 0) is 4.79 Å². The first kappa shape index (κ1) is 15.1. The molecule has 2 rings (SSSR count). The minimum Gasteiger partial charge on any atom is -0.399 e. The van der Waals surface area contributed by atoms with Crippen LogP contribution in [0.5, 0.6) is 0 Å². The number of carbonyl (C=O) groups is 1. The van der Waals surface area contributed by atoms with Crippen molar-refractivity contribution in [2.45, 2.75) is 19.4 Å². The monoisotopic (exact) mass is 296 g/mol. The molecule has 1 fully saturated rings. The summed E-state index contributed by atoms with van der Waals surface area (Å²) in [5.41, 5.74) is 6.84. The molecule has 0 aliphatic carbocycles. The summed E-state index contributed by atoms with van der Waals surface area (Å²) in [6.07, 6.45) is 0.776. The Morgan fingerprint density at radius 1 is 1.50 bits per heavy atom. The first-order valence-corrected chi connectivity index (χ1v) is 7.30. The number of halogens is 1. The van der Waals surface area contributed by atoms with E-state index in [-0.39, 0.29) is 11.9 Å². The quantitative estimate of drug-likeness (QED) is 0.737. The molecular formula is C14H21ClN4O. The van der Waals surface area contributed by atoms with Gasteiger partial charge in [0.2, 0.25) is 5.91 Å². The molecule has 1 aliphatic heterocycles. The van der Waals surface area contributed by atoms with E-state index in [0.29, 0.717) is 16.4 Å². The van der Waals surface area contributed by atoms with E-state index in [1.165, 1.54) is 0 Å². The van der Waals surface area contributed by atoms with Crippen molar-refractivity contribution in [2.24, 2.45) is 0 Å². The number of rotatable bonds is 4. The molecule has 1 amide bonds. The maximum Gasteiger partial charge on any atom is 0.241 e. The van der Waals surface area contributed by atoms with Crippen LogP contribution < -0.4 is 16.4 Å². The molecule has 1 saturated heterocycles. The number of nitrogen functional groups attached to an aromatic ring is 1. The molecular weight excluding hydrogens is 276 g/mol. The average Bonchev–Trinajstić information content (AvgIpc) is 2.44. The lowest BCUT2D eigenvalue weighted by molar-refractivity contribution is -0.121. The highest BCUT2D eigenvalue weighted by atomic mass is 35.5. The average molecular weight is 297 g/mol. The highest BCUT2D eigenvalue weighted by Gasteiger charge is 2.25. The largest absolute Gasteiger partial charge is 0.399 e. The molecule has 110 valence electrons. The molecule has 20 heavy (non-hydrogen) atoms. The Kier molecular flexibility index (Phi) is 5.23. The summed E-state index contributed by atoms with van der Waals surface area (Å²) in [7, 11) is 0. The van der Waals surface area contributed by atoms with Crippen LogP contribution >= 0.6 is 11.6 Å². The number of nitrogens with one attached hydrogen (secondary N) is 2. The smallest absolute Gasteiger partial charge is 0.241 e. The number of carbonyl (C=O) groups excluding carboxylic acids is 1. The van der Waals surface area contributed by atoms with E-state index in [2.05, 4.69) is 15.5 Å². The number of hydrogen-bond acceptors (Lipinski definition) is 4. The SMILES string of the molecule is CCC(C(=O)Nc1ccc(N)cc1Cl)N1CCNCC1. The van der Waals surface area contributed by atoms with Gasteiger partial charge in [0.15, 0.2) is 0 Å². The fourth-order valence-electron chi connectivity index (χ4n) is 2.45. The zero-order valence-corrected chi connectivity index (χ0v) is 12.4. The van der Waals surface area contributed by atoms with Crippen LogP contribution in [0.2, 0.25) is 5.02 Å². The van der Waals surface area contributed by atoms with E-state index >= 15 is 0 Å². The summed E-state index contributed by atoms with van der Waals surface area (Å²) in [6.45, 7) is 5.65. The Hall–Kier alpha value is -1.30. The lowest BCUT2D eigenvalue weighted by Crippen LogP contribution is -2.52. The molecule has 4 N–H and O–H groups in total. The predicted molar refractivity (Wildman–Crippen MR) is 83.0 cm³/mol. The molecule has 0 aromatic heterocycles. The van der Waals surface area contributed by atoms with Gasteiger partial charge in [-0.1, -0.05) is 18.5 Å². The van der Waals surface area contributed by atoms with Gasteiger partial charge >= 0.3 is 0 Å². The summed E-state index contributed by atoms with van der Waals surface area (Å²) >= 11 is 6.09. The molecule has 0 saturated carbocycles. The zero-order valence-electron chi connectivity index (χ0n) is 11.7. The van der Waals surface area contributed by atoms with Gasteiger partial charge in [-0.25, -0.2) is 0 Å². The Bertz CT molecular complexity index is 474. The number of nitrogens with zero attached hydrogens (tertiary/aromatic N) is 1. The Morgan fingerprint density at radius 3 is 2.80 bits per heavy atom. The second-order valence-corrected chi connectivity index (χ2v) is 5.35. The van der Waals surface area contributed by atoms with Gasteiger partial charge < -0.3 is 16.4 Å². The summed E-state index contributed by atoms with van der Waals surface area (Å²) < 4.78 is 0. The second kappa shape index (κ2) is 6.92.